The van der Waals surface area contributed by atoms with Crippen molar-refractivity contribution >= 4 is 17.5 Å². The van der Waals surface area contributed by atoms with E-state index in [1.54, 1.807) is 19.4 Å². The molecule has 1 aromatic heterocycles. The van der Waals surface area contributed by atoms with Gasteiger partial charge in [-0.3, -0.25) is 14.6 Å². The van der Waals surface area contributed by atoms with E-state index in [1.807, 2.05) is 31.2 Å². The molecule has 1 saturated carbocycles. The molecule has 1 atom stereocenters. The van der Waals surface area contributed by atoms with Gasteiger partial charge in [0.15, 0.2) is 0 Å². The minimum atomic E-state index is -0.504. The fraction of sp³-hybridized carbons (Fsp3) is 0.435. The van der Waals surface area contributed by atoms with Crippen LogP contribution in [0.15, 0.2) is 36.5 Å². The second-order valence-electron chi connectivity index (χ2n) is 7.92. The van der Waals surface area contributed by atoms with Crippen molar-refractivity contribution in [1.82, 2.24) is 10.3 Å². The third-order valence-electron chi connectivity index (χ3n) is 5.90. The number of ether oxygens (including phenoxy) is 2. The van der Waals surface area contributed by atoms with Crippen LogP contribution in [-0.4, -0.2) is 36.1 Å². The molecular weight excluding hydrogens is 382 g/mol. The van der Waals surface area contributed by atoms with Crippen LogP contribution >= 0.6 is 0 Å². The van der Waals surface area contributed by atoms with Gasteiger partial charge in [-0.15, -0.1) is 0 Å². The van der Waals surface area contributed by atoms with Crippen molar-refractivity contribution in [3.05, 3.63) is 47.8 Å². The van der Waals surface area contributed by atoms with Gasteiger partial charge in [-0.1, -0.05) is 12.1 Å². The van der Waals surface area contributed by atoms with Crippen LogP contribution in [-0.2, 0) is 9.59 Å². The van der Waals surface area contributed by atoms with Crippen molar-refractivity contribution in [3.63, 3.8) is 0 Å². The first kappa shape index (κ1) is 20.2. The minimum absolute atomic E-state index is 0.0893. The van der Waals surface area contributed by atoms with E-state index in [-0.39, 0.29) is 30.4 Å². The Morgan fingerprint density at radius 1 is 1.13 bits per heavy atom. The number of aryl methyl sites for hydroxylation is 1. The number of nitrogens with one attached hydrogen (secondary N) is 2. The van der Waals surface area contributed by atoms with Gasteiger partial charge in [-0.05, 0) is 56.4 Å². The van der Waals surface area contributed by atoms with Gasteiger partial charge in [-0.2, -0.15) is 0 Å². The molecule has 1 aliphatic carbocycles. The molecule has 1 unspecified atom stereocenters. The number of para-hydroxylation sites is 1. The van der Waals surface area contributed by atoms with Gasteiger partial charge in [0.1, 0.15) is 11.5 Å². The summed E-state index contributed by atoms with van der Waals surface area (Å²) >= 11 is 0. The second kappa shape index (κ2) is 8.73. The van der Waals surface area contributed by atoms with Crippen LogP contribution in [0.2, 0.25) is 0 Å². The van der Waals surface area contributed by atoms with E-state index in [0.29, 0.717) is 11.4 Å². The number of fused-ring (bicyclic) bond motifs is 1. The second-order valence-corrected chi connectivity index (χ2v) is 7.92. The van der Waals surface area contributed by atoms with Crippen molar-refractivity contribution in [2.45, 2.75) is 57.1 Å². The molecule has 7 heteroatoms. The van der Waals surface area contributed by atoms with Gasteiger partial charge in [0, 0.05) is 18.7 Å². The number of hydrogen-bond donors (Lipinski definition) is 2. The van der Waals surface area contributed by atoms with Crippen LogP contribution in [0.4, 0.5) is 5.69 Å². The molecule has 30 heavy (non-hydrogen) atoms. The lowest BCUT2D eigenvalue weighted by Crippen LogP contribution is -2.43. The monoisotopic (exact) mass is 409 g/mol. The van der Waals surface area contributed by atoms with Crippen LogP contribution in [0, 0.1) is 6.92 Å². The van der Waals surface area contributed by atoms with Crippen LogP contribution in [0.5, 0.6) is 11.5 Å². The molecule has 1 fully saturated rings. The van der Waals surface area contributed by atoms with Crippen LogP contribution in [0.3, 0.4) is 0 Å². The van der Waals surface area contributed by atoms with Gasteiger partial charge in [-0.25, -0.2) is 0 Å². The predicted octanol–water partition coefficient (Wildman–Crippen LogP) is 3.33. The molecule has 158 valence electrons. The zero-order chi connectivity index (χ0) is 21.1. The first-order valence-corrected chi connectivity index (χ1v) is 10.4. The highest BCUT2D eigenvalue weighted by molar-refractivity contribution is 6.02. The summed E-state index contributed by atoms with van der Waals surface area (Å²) < 4.78 is 11.4. The first-order chi connectivity index (χ1) is 14.5. The Labute approximate surface area is 176 Å². The van der Waals surface area contributed by atoms with E-state index in [2.05, 4.69) is 15.6 Å². The van der Waals surface area contributed by atoms with Crippen molar-refractivity contribution in [2.75, 3.05) is 12.4 Å². The summed E-state index contributed by atoms with van der Waals surface area (Å²) in [5.74, 6) is 0.615. The van der Waals surface area contributed by atoms with Gasteiger partial charge < -0.3 is 20.1 Å². The average Bonchev–Trinajstić information content (AvgIpc) is 2.75. The molecule has 7 nitrogen and oxygen atoms in total. The minimum Gasteiger partial charge on any atom is -0.495 e. The third-order valence-corrected chi connectivity index (χ3v) is 5.90. The first-order valence-electron chi connectivity index (χ1n) is 10.4. The fourth-order valence-electron chi connectivity index (χ4n) is 4.26. The Bertz CT molecular complexity index is 938. The Hall–Kier alpha value is -3.09. The number of amides is 2. The average molecular weight is 409 g/mol. The molecule has 2 N–H and O–H groups in total. The number of methoxy groups -OCH3 is 1. The Morgan fingerprint density at radius 2 is 1.90 bits per heavy atom. The van der Waals surface area contributed by atoms with Gasteiger partial charge in [0.25, 0.3) is 0 Å². The lowest BCUT2D eigenvalue weighted by molar-refractivity contribution is -0.127. The summed E-state index contributed by atoms with van der Waals surface area (Å²) in [6, 6.07) is 9.41. The summed E-state index contributed by atoms with van der Waals surface area (Å²) in [5, 5.41) is 5.99. The number of carbonyl (C=O) groups excluding carboxylic acids is 2. The van der Waals surface area contributed by atoms with E-state index in [9.17, 15) is 9.59 Å². The van der Waals surface area contributed by atoms with E-state index >= 15 is 0 Å². The highest BCUT2D eigenvalue weighted by Gasteiger charge is 2.34. The molecule has 1 aliphatic heterocycles. The van der Waals surface area contributed by atoms with E-state index in [0.717, 1.165) is 42.7 Å². The highest BCUT2D eigenvalue weighted by Crippen LogP contribution is 2.38. The van der Waals surface area contributed by atoms with Crippen LogP contribution < -0.4 is 20.1 Å². The van der Waals surface area contributed by atoms with Crippen molar-refractivity contribution in [2.24, 2.45) is 0 Å². The SMILES string of the molecule is COc1cccc2c1NC(=O)CC2C(=O)NC1CCC(Oc2cccnc2C)CC1. The standard InChI is InChI=1S/C23H27N3O4/c1-14-19(7-4-12-24-14)30-16-10-8-15(9-11-16)25-23(28)18-13-21(27)26-22-17(18)5-3-6-20(22)29-2/h3-7,12,15-16,18H,8-11,13H2,1-2H3,(H,25,28)(H,26,27). The van der Waals surface area contributed by atoms with Crippen molar-refractivity contribution in [1.29, 1.82) is 0 Å². The number of rotatable bonds is 5. The summed E-state index contributed by atoms with van der Waals surface area (Å²) in [5.41, 5.74) is 2.29. The van der Waals surface area contributed by atoms with Crippen LogP contribution in [0.25, 0.3) is 0 Å². The largest absolute Gasteiger partial charge is 0.495 e. The topological polar surface area (TPSA) is 89.5 Å². The molecule has 0 saturated heterocycles. The summed E-state index contributed by atoms with van der Waals surface area (Å²) in [6.07, 6.45) is 5.47. The number of aromatic nitrogens is 1. The lowest BCUT2D eigenvalue weighted by Gasteiger charge is -2.32. The number of carbonyl (C=O) groups is 2. The molecule has 0 radical (unpaired) electrons. The van der Waals surface area contributed by atoms with E-state index in [1.165, 1.54) is 0 Å². The maximum absolute atomic E-state index is 13.0. The third kappa shape index (κ3) is 4.25. The highest BCUT2D eigenvalue weighted by atomic mass is 16.5. The number of benzene rings is 1. The summed E-state index contributed by atoms with van der Waals surface area (Å²) in [6.45, 7) is 1.94. The molecule has 2 aliphatic rings. The van der Waals surface area contributed by atoms with Gasteiger partial charge >= 0.3 is 0 Å². The van der Waals surface area contributed by atoms with Gasteiger partial charge in [0.2, 0.25) is 11.8 Å². The summed E-state index contributed by atoms with van der Waals surface area (Å²) in [4.78, 5) is 29.5. The molecule has 2 heterocycles. The molecule has 2 amide bonds. The molecule has 4 rings (SSSR count). The Balaban J connectivity index is 1.37. The molecule has 1 aromatic carbocycles. The number of hydrogen-bond acceptors (Lipinski definition) is 5. The number of pyridine rings is 1. The van der Waals surface area contributed by atoms with Crippen molar-refractivity contribution in [3.8, 4) is 11.5 Å². The van der Waals surface area contributed by atoms with E-state index < -0.39 is 5.92 Å². The van der Waals surface area contributed by atoms with Crippen LogP contribution in [0.1, 0.15) is 49.3 Å². The van der Waals surface area contributed by atoms with E-state index in [4.69, 9.17) is 9.47 Å². The normalized spacial score (nSPS) is 23.1. The number of nitrogens with zero attached hydrogens (tertiary/aromatic N) is 1. The molecule has 2 aromatic rings. The molecule has 0 spiro atoms. The lowest BCUT2D eigenvalue weighted by atomic mass is 9.87. The predicted molar refractivity (Wildman–Crippen MR) is 113 cm³/mol. The zero-order valence-electron chi connectivity index (χ0n) is 17.3. The smallest absolute Gasteiger partial charge is 0.228 e. The molecule has 0 bridgehead atoms. The Morgan fingerprint density at radius 3 is 2.63 bits per heavy atom. The molecular formula is C23H27N3O4. The quantitative estimate of drug-likeness (QED) is 0.791. The zero-order valence-corrected chi connectivity index (χ0v) is 17.3. The number of anilines is 1. The maximum Gasteiger partial charge on any atom is 0.228 e. The van der Waals surface area contributed by atoms with Gasteiger partial charge in [0.05, 0.1) is 30.5 Å². The summed E-state index contributed by atoms with van der Waals surface area (Å²) in [7, 11) is 1.55. The maximum atomic E-state index is 13.0. The fourth-order valence-corrected chi connectivity index (χ4v) is 4.26. The Kier molecular flexibility index (Phi) is 5.88. The van der Waals surface area contributed by atoms with Crippen molar-refractivity contribution < 1.29 is 19.1 Å².